The van der Waals surface area contributed by atoms with Crippen molar-refractivity contribution in [1.29, 1.82) is 0 Å². The molecule has 9 heteroatoms. The third kappa shape index (κ3) is 2.92. The van der Waals surface area contributed by atoms with Gasteiger partial charge in [0, 0.05) is 17.7 Å². The third-order valence-electron chi connectivity index (χ3n) is 6.33. The fourth-order valence-electron chi connectivity index (χ4n) is 4.80. The molecular weight excluding hydrogens is 414 g/mol. The lowest BCUT2D eigenvalue weighted by Gasteiger charge is -2.37. The molecule has 32 heavy (non-hydrogen) atoms. The summed E-state index contributed by atoms with van der Waals surface area (Å²) in [6.07, 6.45) is 6.81. The van der Waals surface area contributed by atoms with Gasteiger partial charge in [0.05, 0.1) is 17.4 Å². The first-order valence-corrected chi connectivity index (χ1v) is 10.5. The van der Waals surface area contributed by atoms with Crippen LogP contribution < -0.4 is 4.90 Å². The molecule has 1 amide bonds. The number of imidazole rings is 1. The van der Waals surface area contributed by atoms with Gasteiger partial charge in [0.2, 0.25) is 5.76 Å². The van der Waals surface area contributed by atoms with Crippen molar-refractivity contribution >= 4 is 34.4 Å². The van der Waals surface area contributed by atoms with Gasteiger partial charge in [-0.3, -0.25) is 14.5 Å². The molecule has 1 fully saturated rings. The van der Waals surface area contributed by atoms with Crippen molar-refractivity contribution in [1.82, 2.24) is 9.97 Å². The molecule has 0 bridgehead atoms. The van der Waals surface area contributed by atoms with Gasteiger partial charge in [-0.05, 0) is 43.2 Å². The molecular formula is C23H21N3O6. The Hall–Kier alpha value is -3.88. The molecule has 1 atom stereocenters. The highest BCUT2D eigenvalue weighted by molar-refractivity contribution is 6.16. The van der Waals surface area contributed by atoms with Crippen molar-refractivity contribution in [2.24, 2.45) is 5.92 Å². The first-order chi connectivity index (χ1) is 15.4. The van der Waals surface area contributed by atoms with Gasteiger partial charge in [-0.15, -0.1) is 0 Å². The number of aromatic carboxylic acids is 1. The highest BCUT2D eigenvalue weighted by atomic mass is 16.4. The number of carbonyl (C=O) groups excluding carboxylic acids is 2. The van der Waals surface area contributed by atoms with Crippen LogP contribution in [0.2, 0.25) is 0 Å². The highest BCUT2D eigenvalue weighted by Crippen LogP contribution is 2.45. The number of aromatic nitrogens is 2. The molecule has 0 radical (unpaired) electrons. The fourth-order valence-corrected chi connectivity index (χ4v) is 4.80. The van der Waals surface area contributed by atoms with E-state index in [0.29, 0.717) is 29.6 Å². The van der Waals surface area contributed by atoms with Crippen molar-refractivity contribution in [3.05, 3.63) is 60.0 Å². The number of Topliss-reactive ketones (excluding diaryl/α,β-unsaturated/α-hetero) is 1. The summed E-state index contributed by atoms with van der Waals surface area (Å²) >= 11 is 0. The van der Waals surface area contributed by atoms with Crippen LogP contribution in [0.25, 0.3) is 11.0 Å². The van der Waals surface area contributed by atoms with Crippen LogP contribution in [0.4, 0.5) is 5.69 Å². The summed E-state index contributed by atoms with van der Waals surface area (Å²) in [6.45, 7) is 0. The minimum atomic E-state index is -1.79. The molecule has 164 valence electrons. The largest absolute Gasteiger partial charge is 0.503 e. The molecule has 3 N–H and O–H groups in total. The van der Waals surface area contributed by atoms with Crippen molar-refractivity contribution in [2.75, 3.05) is 4.90 Å². The third-order valence-corrected chi connectivity index (χ3v) is 6.33. The summed E-state index contributed by atoms with van der Waals surface area (Å²) in [7, 11) is 0. The lowest BCUT2D eigenvalue weighted by molar-refractivity contribution is -0.130. The quantitative estimate of drug-likeness (QED) is 0.556. The van der Waals surface area contributed by atoms with E-state index in [9.17, 15) is 24.6 Å². The zero-order chi connectivity index (χ0) is 22.5. The molecule has 3 heterocycles. The Labute approximate surface area is 182 Å². The number of hydrogen-bond donors (Lipinski definition) is 3. The second-order valence-electron chi connectivity index (χ2n) is 8.21. The van der Waals surface area contributed by atoms with Gasteiger partial charge in [-0.2, -0.15) is 0 Å². The van der Waals surface area contributed by atoms with Gasteiger partial charge >= 0.3 is 5.97 Å². The van der Waals surface area contributed by atoms with E-state index in [1.54, 1.807) is 18.2 Å². The normalized spacial score (nSPS) is 21.8. The minimum Gasteiger partial charge on any atom is -0.503 e. The molecule has 2 aromatic heterocycles. The maximum atomic E-state index is 14.0. The van der Waals surface area contributed by atoms with Crippen LogP contribution in [-0.4, -0.2) is 37.8 Å². The lowest BCUT2D eigenvalue weighted by Crippen LogP contribution is -2.52. The monoisotopic (exact) mass is 435 g/mol. The molecule has 2 aliphatic rings. The molecule has 0 saturated heterocycles. The van der Waals surface area contributed by atoms with Gasteiger partial charge in [-0.25, -0.2) is 9.78 Å². The van der Waals surface area contributed by atoms with E-state index in [-0.39, 0.29) is 23.2 Å². The van der Waals surface area contributed by atoms with E-state index < -0.39 is 23.2 Å². The zero-order valence-electron chi connectivity index (χ0n) is 17.1. The Balaban J connectivity index is 1.72. The zero-order valence-corrected chi connectivity index (χ0v) is 17.1. The number of nitrogens with one attached hydrogen (secondary N) is 1. The van der Waals surface area contributed by atoms with Gasteiger partial charge in [0.15, 0.2) is 17.1 Å². The van der Waals surface area contributed by atoms with Crippen LogP contribution >= 0.6 is 0 Å². The van der Waals surface area contributed by atoms with E-state index in [4.69, 9.17) is 4.42 Å². The number of anilines is 1. The molecule has 1 aliphatic carbocycles. The molecule has 3 aromatic rings. The average molecular weight is 435 g/mol. The first-order valence-electron chi connectivity index (χ1n) is 10.5. The van der Waals surface area contributed by atoms with Crippen LogP contribution in [0.15, 0.2) is 52.9 Å². The average Bonchev–Trinajstić information content (AvgIpc) is 3.52. The number of aliphatic hydroxyl groups excluding tert-OH is 1. The number of rotatable bonds is 5. The topological polar surface area (TPSA) is 137 Å². The number of amides is 1. The Morgan fingerprint density at radius 1 is 1.16 bits per heavy atom. The fraction of sp³-hybridized carbons (Fsp3) is 0.304. The number of benzene rings is 1. The maximum Gasteiger partial charge on any atom is 0.371 e. The van der Waals surface area contributed by atoms with E-state index in [1.165, 1.54) is 29.4 Å². The van der Waals surface area contributed by atoms with Gasteiger partial charge in [0.25, 0.3) is 5.91 Å². The predicted molar refractivity (Wildman–Crippen MR) is 113 cm³/mol. The van der Waals surface area contributed by atoms with Crippen LogP contribution in [0.1, 0.15) is 48.4 Å². The lowest BCUT2D eigenvalue weighted by atomic mass is 9.76. The number of aromatic amines is 1. The summed E-state index contributed by atoms with van der Waals surface area (Å²) in [6, 6.07) is 7.63. The Morgan fingerprint density at radius 3 is 2.66 bits per heavy atom. The van der Waals surface area contributed by atoms with E-state index in [1.807, 2.05) is 0 Å². The number of carbonyl (C=O) groups is 3. The van der Waals surface area contributed by atoms with Crippen molar-refractivity contribution in [3.8, 4) is 0 Å². The van der Waals surface area contributed by atoms with Gasteiger partial charge in [-0.1, -0.05) is 19.3 Å². The summed E-state index contributed by atoms with van der Waals surface area (Å²) in [5, 5.41) is 19.9. The molecule has 9 nitrogen and oxygen atoms in total. The number of ketones is 1. The molecule has 1 aromatic carbocycles. The summed E-state index contributed by atoms with van der Waals surface area (Å²) < 4.78 is 5.58. The summed E-state index contributed by atoms with van der Waals surface area (Å²) in [4.78, 5) is 47.0. The first kappa shape index (κ1) is 20.0. The second kappa shape index (κ2) is 7.37. The van der Waals surface area contributed by atoms with Crippen molar-refractivity contribution < 1.29 is 29.0 Å². The van der Waals surface area contributed by atoms with Crippen LogP contribution in [0.5, 0.6) is 0 Å². The van der Waals surface area contributed by atoms with Gasteiger partial charge < -0.3 is 19.6 Å². The summed E-state index contributed by atoms with van der Waals surface area (Å²) in [5.41, 5.74) is -0.117. The SMILES string of the molecule is O=C(O)c1ccc(C2(C(=O)C3CCCCC3)C=C(O)C(=O)N2c2ccc3nc[nH]c3c2)o1. The van der Waals surface area contributed by atoms with Crippen molar-refractivity contribution in [2.45, 2.75) is 37.6 Å². The molecule has 1 unspecified atom stereocenters. The minimum absolute atomic E-state index is 0.0208. The molecule has 5 rings (SSSR count). The number of carboxylic acid groups (broad SMARTS) is 1. The molecule has 0 spiro atoms. The number of carboxylic acids is 1. The number of furan rings is 1. The molecule has 1 saturated carbocycles. The summed E-state index contributed by atoms with van der Waals surface area (Å²) in [5.74, 6) is -3.67. The van der Waals surface area contributed by atoms with Crippen LogP contribution in [0, 0.1) is 5.92 Å². The van der Waals surface area contributed by atoms with E-state index in [2.05, 4.69) is 9.97 Å². The molecule has 1 aliphatic heterocycles. The standard InChI is InChI=1S/C23H21N3O6/c27-17-11-23(19-9-8-18(32-19)22(30)31,20(28)13-4-2-1-3-5-13)26(21(17)29)14-6-7-15-16(10-14)25-12-24-15/h6-13,27H,1-5H2,(H,24,25)(H,30,31). The smallest absolute Gasteiger partial charge is 0.371 e. The number of fused-ring (bicyclic) bond motifs is 1. The van der Waals surface area contributed by atoms with E-state index >= 15 is 0 Å². The van der Waals surface area contributed by atoms with Gasteiger partial charge in [0.1, 0.15) is 5.76 Å². The Bertz CT molecular complexity index is 1270. The maximum absolute atomic E-state index is 14.0. The number of H-pyrrole nitrogens is 1. The Kier molecular flexibility index (Phi) is 4.61. The highest BCUT2D eigenvalue weighted by Gasteiger charge is 2.57. The Morgan fingerprint density at radius 2 is 1.94 bits per heavy atom. The van der Waals surface area contributed by atoms with Crippen molar-refractivity contribution in [3.63, 3.8) is 0 Å². The second-order valence-corrected chi connectivity index (χ2v) is 8.21. The number of aliphatic hydroxyl groups is 1. The number of hydrogen-bond acceptors (Lipinski definition) is 6. The van der Waals surface area contributed by atoms with E-state index in [0.717, 1.165) is 19.3 Å². The van der Waals surface area contributed by atoms with Crippen LogP contribution in [0.3, 0.4) is 0 Å². The predicted octanol–water partition coefficient (Wildman–Crippen LogP) is 3.69. The number of nitrogens with zero attached hydrogens (tertiary/aromatic N) is 2. The van der Waals surface area contributed by atoms with Crippen LogP contribution in [-0.2, 0) is 15.1 Å².